The molecule has 2 aliphatic rings. The molecule has 3 rings (SSSR count). The van der Waals surface area contributed by atoms with Crippen LogP contribution in [0.15, 0.2) is 52.6 Å². The van der Waals surface area contributed by atoms with Crippen LogP contribution in [0.4, 0.5) is 0 Å². The summed E-state index contributed by atoms with van der Waals surface area (Å²) in [6.45, 7) is 4.42. The lowest BCUT2D eigenvalue weighted by Gasteiger charge is -2.16. The predicted molar refractivity (Wildman–Crippen MR) is 81.8 cm³/mol. The first-order valence-corrected chi connectivity index (χ1v) is 7.28. The standard InChI is InChI=1S/C18H21N/c1-13-10-11-14(2)19-18-16(12-13)8-5-7-15-6-3-4-9-17(15)18/h3-4,6,9-10,12,14H,5,7-8,11H2,1-2H3/b13-10+,16-12-,19-18?. The van der Waals surface area contributed by atoms with Gasteiger partial charge in [0.25, 0.3) is 0 Å². The van der Waals surface area contributed by atoms with E-state index >= 15 is 0 Å². The van der Waals surface area contributed by atoms with Crippen molar-refractivity contribution in [2.24, 2.45) is 4.99 Å². The summed E-state index contributed by atoms with van der Waals surface area (Å²) in [5.41, 5.74) is 6.86. The van der Waals surface area contributed by atoms with Crippen LogP contribution in [0, 0.1) is 0 Å². The Balaban J connectivity index is 2.18. The average molecular weight is 251 g/mol. The van der Waals surface area contributed by atoms with Crippen LogP contribution in [-0.4, -0.2) is 11.8 Å². The molecule has 0 spiro atoms. The Labute approximate surface area is 115 Å². The minimum atomic E-state index is 0.375. The lowest BCUT2D eigenvalue weighted by Crippen LogP contribution is -2.12. The zero-order valence-corrected chi connectivity index (χ0v) is 11.8. The van der Waals surface area contributed by atoms with Crippen LogP contribution in [0.3, 0.4) is 0 Å². The van der Waals surface area contributed by atoms with Crippen LogP contribution in [0.5, 0.6) is 0 Å². The maximum atomic E-state index is 5.00. The van der Waals surface area contributed by atoms with E-state index in [1.807, 2.05) is 0 Å². The molecule has 98 valence electrons. The number of benzene rings is 1. The maximum absolute atomic E-state index is 5.00. The number of aliphatic imine (C=N–C) groups is 1. The minimum Gasteiger partial charge on any atom is -0.281 e. The quantitative estimate of drug-likeness (QED) is 0.645. The number of allylic oxidation sites excluding steroid dienone is 3. The summed E-state index contributed by atoms with van der Waals surface area (Å²) >= 11 is 0. The summed E-state index contributed by atoms with van der Waals surface area (Å²) in [4.78, 5) is 5.00. The smallest absolute Gasteiger partial charge is 0.0684 e. The molecular weight excluding hydrogens is 230 g/mol. The SMILES string of the molecule is CC1=C\CC(C)N=C2/C(=C\1)CCCc1ccccc12. The highest BCUT2D eigenvalue weighted by Gasteiger charge is 2.19. The number of aryl methyl sites for hydroxylation is 1. The molecule has 1 aliphatic carbocycles. The second kappa shape index (κ2) is 5.16. The fourth-order valence-corrected chi connectivity index (χ4v) is 2.99. The van der Waals surface area contributed by atoms with Gasteiger partial charge in [0.1, 0.15) is 0 Å². The van der Waals surface area contributed by atoms with Gasteiger partial charge >= 0.3 is 0 Å². The normalized spacial score (nSPS) is 28.3. The lowest BCUT2D eigenvalue weighted by molar-refractivity contribution is 0.753. The van der Waals surface area contributed by atoms with E-state index in [-0.39, 0.29) is 0 Å². The molecule has 1 aromatic carbocycles. The summed E-state index contributed by atoms with van der Waals surface area (Å²) in [5.74, 6) is 0. The molecule has 0 aromatic heterocycles. The molecule has 0 bridgehead atoms. The summed E-state index contributed by atoms with van der Waals surface area (Å²) in [7, 11) is 0. The van der Waals surface area contributed by atoms with Crippen molar-refractivity contribution >= 4 is 5.71 Å². The van der Waals surface area contributed by atoms with Gasteiger partial charge in [-0.05, 0) is 50.7 Å². The fraction of sp³-hybridized carbons (Fsp3) is 0.389. The lowest BCUT2D eigenvalue weighted by atomic mass is 9.95. The number of rotatable bonds is 0. The molecule has 0 fully saturated rings. The molecular formula is C18H21N. The van der Waals surface area contributed by atoms with Crippen molar-refractivity contribution in [3.63, 3.8) is 0 Å². The van der Waals surface area contributed by atoms with Gasteiger partial charge in [-0.15, -0.1) is 0 Å². The van der Waals surface area contributed by atoms with Crippen molar-refractivity contribution in [3.8, 4) is 0 Å². The van der Waals surface area contributed by atoms with Gasteiger partial charge in [-0.3, -0.25) is 4.99 Å². The fourth-order valence-electron chi connectivity index (χ4n) is 2.99. The molecule has 0 saturated carbocycles. The van der Waals surface area contributed by atoms with Gasteiger partial charge in [-0.2, -0.15) is 0 Å². The number of hydrogen-bond donors (Lipinski definition) is 0. The Morgan fingerprint density at radius 3 is 2.89 bits per heavy atom. The molecule has 0 amide bonds. The van der Waals surface area contributed by atoms with E-state index in [2.05, 4.69) is 50.3 Å². The number of fused-ring (bicyclic) bond motifs is 3. The van der Waals surface area contributed by atoms with E-state index in [0.717, 1.165) is 12.8 Å². The highest BCUT2D eigenvalue weighted by molar-refractivity contribution is 6.14. The third kappa shape index (κ3) is 2.56. The molecule has 1 heteroatoms. The van der Waals surface area contributed by atoms with Crippen molar-refractivity contribution in [2.45, 2.75) is 45.6 Å². The molecule has 1 nitrogen and oxygen atoms in total. The van der Waals surface area contributed by atoms with Gasteiger partial charge < -0.3 is 0 Å². The summed E-state index contributed by atoms with van der Waals surface area (Å²) < 4.78 is 0. The van der Waals surface area contributed by atoms with Crippen molar-refractivity contribution in [3.05, 3.63) is 58.7 Å². The first-order chi connectivity index (χ1) is 9.24. The highest BCUT2D eigenvalue weighted by Crippen LogP contribution is 2.27. The van der Waals surface area contributed by atoms with Gasteiger partial charge in [0.05, 0.1) is 11.8 Å². The van der Waals surface area contributed by atoms with E-state index in [0.29, 0.717) is 6.04 Å². The third-order valence-electron chi connectivity index (χ3n) is 4.00. The Bertz CT molecular complexity index is 575. The van der Waals surface area contributed by atoms with E-state index < -0.39 is 0 Å². The van der Waals surface area contributed by atoms with Gasteiger partial charge in [0.2, 0.25) is 0 Å². The Kier molecular flexibility index (Phi) is 3.37. The first-order valence-electron chi connectivity index (χ1n) is 7.28. The number of hydrogen-bond acceptors (Lipinski definition) is 1. The van der Waals surface area contributed by atoms with Crippen LogP contribution in [0.2, 0.25) is 0 Å². The van der Waals surface area contributed by atoms with Crippen molar-refractivity contribution in [2.75, 3.05) is 0 Å². The molecule has 1 aliphatic heterocycles. The molecule has 1 aromatic rings. The Hall–Kier alpha value is -1.63. The van der Waals surface area contributed by atoms with Gasteiger partial charge in [0.15, 0.2) is 0 Å². The summed E-state index contributed by atoms with van der Waals surface area (Å²) in [6.07, 6.45) is 9.24. The molecule has 0 radical (unpaired) electrons. The monoisotopic (exact) mass is 251 g/mol. The molecule has 0 N–H and O–H groups in total. The summed E-state index contributed by atoms with van der Waals surface area (Å²) in [5, 5.41) is 0. The predicted octanol–water partition coefficient (Wildman–Crippen LogP) is 4.48. The van der Waals surface area contributed by atoms with Gasteiger partial charge in [0, 0.05) is 5.56 Å². The van der Waals surface area contributed by atoms with Crippen LogP contribution in [0.25, 0.3) is 0 Å². The topological polar surface area (TPSA) is 12.4 Å². The zero-order valence-electron chi connectivity index (χ0n) is 11.8. The average Bonchev–Trinajstić information content (AvgIpc) is 2.56. The minimum absolute atomic E-state index is 0.375. The zero-order chi connectivity index (χ0) is 13.2. The van der Waals surface area contributed by atoms with E-state index in [9.17, 15) is 0 Å². The Morgan fingerprint density at radius 1 is 1.16 bits per heavy atom. The summed E-state index contributed by atoms with van der Waals surface area (Å²) in [6, 6.07) is 9.15. The van der Waals surface area contributed by atoms with Crippen molar-refractivity contribution in [1.82, 2.24) is 0 Å². The van der Waals surface area contributed by atoms with Crippen LogP contribution < -0.4 is 0 Å². The molecule has 19 heavy (non-hydrogen) atoms. The van der Waals surface area contributed by atoms with E-state index in [1.165, 1.54) is 40.8 Å². The van der Waals surface area contributed by atoms with Crippen LogP contribution in [0.1, 0.15) is 44.2 Å². The Morgan fingerprint density at radius 2 is 2.00 bits per heavy atom. The van der Waals surface area contributed by atoms with Crippen LogP contribution >= 0.6 is 0 Å². The van der Waals surface area contributed by atoms with Gasteiger partial charge in [-0.25, -0.2) is 0 Å². The molecule has 1 atom stereocenters. The highest BCUT2D eigenvalue weighted by atomic mass is 14.8. The largest absolute Gasteiger partial charge is 0.281 e. The van der Waals surface area contributed by atoms with Crippen LogP contribution in [-0.2, 0) is 6.42 Å². The van der Waals surface area contributed by atoms with E-state index in [4.69, 9.17) is 4.99 Å². The van der Waals surface area contributed by atoms with Crippen molar-refractivity contribution < 1.29 is 0 Å². The maximum Gasteiger partial charge on any atom is 0.0684 e. The first kappa shape index (κ1) is 12.4. The van der Waals surface area contributed by atoms with Gasteiger partial charge in [-0.1, -0.05) is 42.0 Å². The second-order valence-electron chi connectivity index (χ2n) is 5.69. The molecule has 1 heterocycles. The van der Waals surface area contributed by atoms with Crippen molar-refractivity contribution in [1.29, 1.82) is 0 Å². The van der Waals surface area contributed by atoms with E-state index in [1.54, 1.807) is 0 Å². The second-order valence-corrected chi connectivity index (χ2v) is 5.69. The molecule has 1 unspecified atom stereocenters. The third-order valence-corrected chi connectivity index (χ3v) is 4.00. The number of nitrogens with zero attached hydrogens (tertiary/aromatic N) is 1. The molecule has 0 saturated heterocycles.